The summed E-state index contributed by atoms with van der Waals surface area (Å²) < 4.78 is 8.29. The molecule has 16 heteroatoms. The molecule has 1 aliphatic rings. The van der Waals surface area contributed by atoms with Gasteiger partial charge in [-0.15, -0.1) is 16.4 Å². The fourth-order valence-electron chi connectivity index (χ4n) is 5.47. The molecule has 15 nitrogen and oxygen atoms in total. The minimum Gasteiger partial charge on any atom is -0.497 e. The van der Waals surface area contributed by atoms with Gasteiger partial charge in [-0.2, -0.15) is 0 Å². The van der Waals surface area contributed by atoms with E-state index in [4.69, 9.17) is 15.5 Å². The Kier molecular flexibility index (Phi) is 10.0. The van der Waals surface area contributed by atoms with Crippen LogP contribution in [-0.2, 0) is 16.8 Å². The van der Waals surface area contributed by atoms with E-state index in [1.165, 1.54) is 15.7 Å². The van der Waals surface area contributed by atoms with Gasteiger partial charge in [0.05, 0.1) is 24.9 Å². The number of hydrogen-bond donors (Lipinski definition) is 2. The fourth-order valence-corrected chi connectivity index (χ4v) is 6.40. The normalized spacial score (nSPS) is 13.7. The lowest BCUT2D eigenvalue weighted by atomic mass is 9.93. The second kappa shape index (κ2) is 14.6. The zero-order valence-corrected chi connectivity index (χ0v) is 29.2. The van der Waals surface area contributed by atoms with Crippen LogP contribution in [0.3, 0.4) is 0 Å². The summed E-state index contributed by atoms with van der Waals surface area (Å²) in [5.41, 5.74) is 7.92. The molecule has 1 saturated heterocycles. The van der Waals surface area contributed by atoms with Gasteiger partial charge in [-0.05, 0) is 52.4 Å². The third-order valence-electron chi connectivity index (χ3n) is 8.34. The number of anilines is 2. The van der Waals surface area contributed by atoms with Crippen LogP contribution in [0.1, 0.15) is 60.2 Å². The molecule has 50 heavy (non-hydrogen) atoms. The number of nitrogens with zero attached hydrogens (tertiary/aromatic N) is 9. The largest absolute Gasteiger partial charge is 0.497 e. The predicted molar refractivity (Wildman–Crippen MR) is 192 cm³/mol. The van der Waals surface area contributed by atoms with Gasteiger partial charge in [-0.1, -0.05) is 32.9 Å². The number of pyridine rings is 1. The number of piperazine rings is 1. The lowest BCUT2D eigenvalue weighted by Gasteiger charge is -2.36. The van der Waals surface area contributed by atoms with Crippen molar-refractivity contribution in [1.29, 1.82) is 0 Å². The van der Waals surface area contributed by atoms with Crippen molar-refractivity contribution in [1.82, 2.24) is 39.5 Å². The Balaban J connectivity index is 1.32. The molecule has 0 saturated carbocycles. The van der Waals surface area contributed by atoms with E-state index in [-0.39, 0.29) is 35.8 Å². The molecule has 0 unspecified atom stereocenters. The summed E-state index contributed by atoms with van der Waals surface area (Å²) in [5, 5.41) is 17.4. The highest BCUT2D eigenvalue weighted by Crippen LogP contribution is 2.27. The Morgan fingerprint density at radius 2 is 1.82 bits per heavy atom. The monoisotopic (exact) mass is 697 g/mol. The SMILES string of the molecule is COc1ccc(Cn2nnnc2C=Cc2c(N3CCN(C(=O)CCN)CC3)nc3cc(C(=O)Nc4nc(C(C)(C)C)cs4)ccn3c2=O)cc1. The fraction of sp³-hybridized carbons (Fsp3) is 0.353. The summed E-state index contributed by atoms with van der Waals surface area (Å²) in [6.07, 6.45) is 5.16. The summed E-state index contributed by atoms with van der Waals surface area (Å²) in [5.74, 6) is 1.25. The summed E-state index contributed by atoms with van der Waals surface area (Å²) >= 11 is 1.36. The number of carbonyl (C=O) groups excluding carboxylic acids is 2. The van der Waals surface area contributed by atoms with Gasteiger partial charge in [-0.25, -0.2) is 14.6 Å². The molecule has 3 N–H and O–H groups in total. The first-order valence-electron chi connectivity index (χ1n) is 16.2. The van der Waals surface area contributed by atoms with E-state index in [0.29, 0.717) is 66.3 Å². The van der Waals surface area contributed by atoms with Gasteiger partial charge in [0.15, 0.2) is 11.0 Å². The highest BCUT2D eigenvalue weighted by atomic mass is 32.1. The number of nitrogens with one attached hydrogen (secondary N) is 1. The average molecular weight is 698 g/mol. The second-order valence-corrected chi connectivity index (χ2v) is 13.7. The number of nitrogens with two attached hydrogens (primary N) is 1. The number of carbonyl (C=O) groups is 2. The minimum absolute atomic E-state index is 0.00647. The van der Waals surface area contributed by atoms with Crippen molar-refractivity contribution in [3.8, 4) is 5.75 Å². The van der Waals surface area contributed by atoms with Gasteiger partial charge in [0.25, 0.3) is 11.5 Å². The van der Waals surface area contributed by atoms with Crippen molar-refractivity contribution in [2.24, 2.45) is 5.73 Å². The van der Waals surface area contributed by atoms with E-state index in [0.717, 1.165) is 17.0 Å². The first kappa shape index (κ1) is 34.4. The first-order valence-corrected chi connectivity index (χ1v) is 17.1. The van der Waals surface area contributed by atoms with Gasteiger partial charge in [0.2, 0.25) is 5.91 Å². The minimum atomic E-state index is -0.363. The van der Waals surface area contributed by atoms with Crippen molar-refractivity contribution in [2.45, 2.75) is 39.2 Å². The van der Waals surface area contributed by atoms with E-state index in [9.17, 15) is 14.4 Å². The molecule has 0 bridgehead atoms. The van der Waals surface area contributed by atoms with E-state index >= 15 is 0 Å². The summed E-state index contributed by atoms with van der Waals surface area (Å²) in [4.78, 5) is 53.1. The van der Waals surface area contributed by atoms with Gasteiger partial charge >= 0.3 is 0 Å². The standard InChI is InChI=1S/C34H39N11O4S/c1-34(2,3)26-21-50-33(36-26)38-31(47)23-12-14-44-28(19-23)37-30(43-17-15-42(16-18-43)29(46)11-13-35)25(32(44)48)9-10-27-39-40-41-45(27)20-22-5-7-24(49-4)8-6-22/h5-10,12,14,19,21H,11,13,15-18,20,35H2,1-4H3,(H,36,38,47). The molecule has 4 aromatic heterocycles. The third-order valence-corrected chi connectivity index (χ3v) is 9.10. The summed E-state index contributed by atoms with van der Waals surface area (Å²) in [6, 6.07) is 10.7. The maximum atomic E-state index is 14.1. The molecule has 5 heterocycles. The van der Waals surface area contributed by atoms with Gasteiger partial charge < -0.3 is 20.3 Å². The van der Waals surface area contributed by atoms with Crippen molar-refractivity contribution < 1.29 is 14.3 Å². The summed E-state index contributed by atoms with van der Waals surface area (Å²) in [7, 11) is 1.61. The van der Waals surface area contributed by atoms with E-state index in [2.05, 4.69) is 46.6 Å². The second-order valence-electron chi connectivity index (χ2n) is 12.8. The van der Waals surface area contributed by atoms with Crippen LogP contribution < -0.4 is 26.2 Å². The van der Waals surface area contributed by atoms with Crippen LogP contribution in [0.4, 0.5) is 10.9 Å². The van der Waals surface area contributed by atoms with Crippen molar-refractivity contribution in [3.05, 3.63) is 86.5 Å². The Morgan fingerprint density at radius 1 is 1.06 bits per heavy atom. The number of aromatic nitrogens is 7. The van der Waals surface area contributed by atoms with E-state index in [1.54, 1.807) is 47.2 Å². The number of rotatable bonds is 10. The zero-order chi connectivity index (χ0) is 35.4. The average Bonchev–Trinajstić information content (AvgIpc) is 3.78. The molecule has 5 aromatic rings. The molecular weight excluding hydrogens is 659 g/mol. The predicted octanol–water partition coefficient (Wildman–Crippen LogP) is 2.91. The van der Waals surface area contributed by atoms with Crippen molar-refractivity contribution >= 4 is 51.9 Å². The molecule has 6 rings (SSSR count). The Bertz CT molecular complexity index is 2090. The van der Waals surface area contributed by atoms with E-state index in [1.807, 2.05) is 34.5 Å². The smallest absolute Gasteiger partial charge is 0.267 e. The molecule has 260 valence electrons. The zero-order valence-electron chi connectivity index (χ0n) is 28.4. The number of fused-ring (bicyclic) bond motifs is 1. The highest BCUT2D eigenvalue weighted by molar-refractivity contribution is 7.14. The van der Waals surface area contributed by atoms with Crippen LogP contribution in [0.5, 0.6) is 5.75 Å². The van der Waals surface area contributed by atoms with Crippen molar-refractivity contribution in [2.75, 3.05) is 50.1 Å². The Labute approximate surface area is 292 Å². The maximum absolute atomic E-state index is 14.1. The molecule has 1 fully saturated rings. The number of ether oxygens (including phenoxy) is 1. The Hall–Kier alpha value is -5.48. The molecule has 1 aliphatic heterocycles. The van der Waals surface area contributed by atoms with Gasteiger partial charge in [0.1, 0.15) is 17.2 Å². The van der Waals surface area contributed by atoms with Gasteiger partial charge in [0, 0.05) is 61.7 Å². The van der Waals surface area contributed by atoms with Crippen LogP contribution in [0.15, 0.2) is 52.8 Å². The van der Waals surface area contributed by atoms with E-state index < -0.39 is 0 Å². The number of amides is 2. The molecule has 0 atom stereocenters. The number of thiazole rings is 1. The van der Waals surface area contributed by atoms with Crippen LogP contribution in [0.25, 0.3) is 17.8 Å². The number of hydrogen-bond acceptors (Lipinski definition) is 12. The van der Waals surface area contributed by atoms with Crippen LogP contribution in [-0.4, -0.2) is 91.1 Å². The quantitative estimate of drug-likeness (QED) is 0.219. The topological polar surface area (TPSA) is 179 Å². The number of methoxy groups -OCH3 is 1. The van der Waals surface area contributed by atoms with Crippen LogP contribution in [0.2, 0.25) is 0 Å². The van der Waals surface area contributed by atoms with Crippen LogP contribution in [0, 0.1) is 0 Å². The number of tetrazole rings is 1. The Morgan fingerprint density at radius 3 is 2.50 bits per heavy atom. The molecular formula is C34H39N11O4S. The number of benzene rings is 1. The maximum Gasteiger partial charge on any atom is 0.267 e. The first-order chi connectivity index (χ1) is 24.0. The molecule has 0 spiro atoms. The molecule has 1 aromatic carbocycles. The molecule has 0 aliphatic carbocycles. The third kappa shape index (κ3) is 7.55. The lowest BCUT2D eigenvalue weighted by molar-refractivity contribution is -0.131. The van der Waals surface area contributed by atoms with Gasteiger partial charge in [-0.3, -0.25) is 24.1 Å². The molecule has 0 radical (unpaired) electrons. The van der Waals surface area contributed by atoms with Crippen LogP contribution >= 0.6 is 11.3 Å². The summed E-state index contributed by atoms with van der Waals surface area (Å²) in [6.45, 7) is 8.68. The van der Waals surface area contributed by atoms with Crippen molar-refractivity contribution in [3.63, 3.8) is 0 Å². The molecule has 2 amide bonds. The highest BCUT2D eigenvalue weighted by Gasteiger charge is 2.25. The lowest BCUT2D eigenvalue weighted by Crippen LogP contribution is -2.49.